The van der Waals surface area contributed by atoms with Crippen LogP contribution in [0.5, 0.6) is 0 Å². The Labute approximate surface area is 144 Å². The first-order valence-electron chi connectivity index (χ1n) is 8.31. The molecule has 1 rings (SSSR count). The number of carboxylic acids is 1. The summed E-state index contributed by atoms with van der Waals surface area (Å²) in [6.45, 7) is 7.66. The predicted octanol–water partition coefficient (Wildman–Crippen LogP) is 3.80. The first-order valence-corrected chi connectivity index (χ1v) is 8.31. The van der Waals surface area contributed by atoms with Crippen LogP contribution in [-0.2, 0) is 25.7 Å². The molecule has 24 heavy (non-hydrogen) atoms. The lowest BCUT2D eigenvalue weighted by molar-refractivity contribution is -0.160. The van der Waals surface area contributed by atoms with Crippen molar-refractivity contribution in [2.75, 3.05) is 0 Å². The highest BCUT2D eigenvalue weighted by molar-refractivity contribution is 5.79. The highest BCUT2D eigenvalue weighted by Crippen LogP contribution is 2.20. The minimum absolute atomic E-state index is 0.141. The van der Waals surface area contributed by atoms with E-state index in [0.29, 0.717) is 13.0 Å². The first-order chi connectivity index (χ1) is 11.2. The average molecular weight is 336 g/mol. The molecule has 0 aliphatic rings. The van der Waals surface area contributed by atoms with Crippen LogP contribution in [0.25, 0.3) is 0 Å². The van der Waals surface area contributed by atoms with Crippen molar-refractivity contribution in [2.45, 2.75) is 65.3 Å². The van der Waals surface area contributed by atoms with Crippen molar-refractivity contribution in [2.24, 2.45) is 5.92 Å². The summed E-state index contributed by atoms with van der Waals surface area (Å²) in [5.74, 6) is -2.30. The Bertz CT molecular complexity index is 518. The van der Waals surface area contributed by atoms with Crippen molar-refractivity contribution >= 4 is 11.9 Å². The van der Waals surface area contributed by atoms with Gasteiger partial charge >= 0.3 is 11.9 Å². The second-order valence-corrected chi connectivity index (χ2v) is 6.89. The Morgan fingerprint density at radius 3 is 2.29 bits per heavy atom. The van der Waals surface area contributed by atoms with Crippen LogP contribution in [0.15, 0.2) is 30.3 Å². The van der Waals surface area contributed by atoms with Gasteiger partial charge in [0.15, 0.2) is 0 Å². The molecule has 0 spiro atoms. The van der Waals surface area contributed by atoms with Gasteiger partial charge in [-0.25, -0.2) is 0 Å². The molecule has 0 aromatic heterocycles. The van der Waals surface area contributed by atoms with Crippen LogP contribution in [0.3, 0.4) is 0 Å². The zero-order valence-corrected chi connectivity index (χ0v) is 15.0. The molecule has 0 aliphatic carbocycles. The molecule has 1 aromatic carbocycles. The maximum absolute atomic E-state index is 11.9. The molecule has 0 bridgehead atoms. The van der Waals surface area contributed by atoms with E-state index in [1.807, 2.05) is 37.3 Å². The van der Waals surface area contributed by atoms with Gasteiger partial charge in [-0.05, 0) is 39.2 Å². The van der Waals surface area contributed by atoms with Gasteiger partial charge in [0.05, 0.1) is 25.0 Å². The number of benzene rings is 1. The van der Waals surface area contributed by atoms with E-state index in [4.69, 9.17) is 9.47 Å². The molecule has 0 aliphatic heterocycles. The molecule has 0 amide bonds. The molecule has 0 fully saturated rings. The Kier molecular flexibility index (Phi) is 7.92. The molecule has 1 aromatic rings. The standard InChI is InChI=1S/C19H28O5/c1-5-16(23-13-14-9-7-6-8-10-14)11-15(18(21)22)12-17(20)24-19(2,3)4/h6-10,15-16H,5,11-13H2,1-4H3,(H,21,22)/t15-,16?/m1/s1. The van der Waals surface area contributed by atoms with Crippen LogP contribution in [0.1, 0.15) is 52.5 Å². The van der Waals surface area contributed by atoms with Gasteiger partial charge in [0, 0.05) is 0 Å². The highest BCUT2D eigenvalue weighted by Gasteiger charge is 2.27. The third kappa shape index (κ3) is 8.11. The van der Waals surface area contributed by atoms with Crippen LogP contribution in [-0.4, -0.2) is 28.8 Å². The van der Waals surface area contributed by atoms with Crippen LogP contribution >= 0.6 is 0 Å². The summed E-state index contributed by atoms with van der Waals surface area (Å²) in [5, 5.41) is 9.39. The molecule has 5 heteroatoms. The maximum atomic E-state index is 11.9. The lowest BCUT2D eigenvalue weighted by Crippen LogP contribution is -2.29. The van der Waals surface area contributed by atoms with Gasteiger partial charge in [-0.2, -0.15) is 0 Å². The molecule has 134 valence electrons. The highest BCUT2D eigenvalue weighted by atomic mass is 16.6. The van der Waals surface area contributed by atoms with Crippen molar-refractivity contribution in [3.8, 4) is 0 Å². The molecule has 0 saturated carbocycles. The zero-order chi connectivity index (χ0) is 18.2. The molecule has 1 N–H and O–H groups in total. The van der Waals surface area contributed by atoms with Crippen LogP contribution in [0.4, 0.5) is 0 Å². The fraction of sp³-hybridized carbons (Fsp3) is 0.579. The summed E-state index contributed by atoms with van der Waals surface area (Å²) in [6.07, 6.45) is 0.620. The first kappa shape index (κ1) is 20.2. The van der Waals surface area contributed by atoms with Crippen molar-refractivity contribution in [3.63, 3.8) is 0 Å². The number of ether oxygens (including phenoxy) is 2. The lowest BCUT2D eigenvalue weighted by atomic mass is 9.96. The number of carbonyl (C=O) groups is 2. The van der Waals surface area contributed by atoms with Gasteiger partial charge < -0.3 is 14.6 Å². The van der Waals surface area contributed by atoms with E-state index in [9.17, 15) is 14.7 Å². The van der Waals surface area contributed by atoms with Crippen molar-refractivity contribution in [1.29, 1.82) is 0 Å². The average Bonchev–Trinajstić information content (AvgIpc) is 2.49. The Hall–Kier alpha value is -1.88. The van der Waals surface area contributed by atoms with Crippen LogP contribution < -0.4 is 0 Å². The number of esters is 1. The second-order valence-electron chi connectivity index (χ2n) is 6.89. The van der Waals surface area contributed by atoms with E-state index in [2.05, 4.69) is 0 Å². The summed E-state index contributed by atoms with van der Waals surface area (Å²) in [4.78, 5) is 23.4. The summed E-state index contributed by atoms with van der Waals surface area (Å²) >= 11 is 0. The molecule has 2 atom stereocenters. The molecule has 1 unspecified atom stereocenters. The Morgan fingerprint density at radius 2 is 1.79 bits per heavy atom. The molecule has 0 heterocycles. The summed E-state index contributed by atoms with van der Waals surface area (Å²) in [5.41, 5.74) is 0.420. The number of carbonyl (C=O) groups excluding carboxylic acids is 1. The third-order valence-electron chi connectivity index (χ3n) is 3.51. The van der Waals surface area contributed by atoms with Crippen molar-refractivity contribution in [1.82, 2.24) is 0 Å². The number of rotatable bonds is 9. The number of carboxylic acid groups (broad SMARTS) is 1. The molecule has 0 radical (unpaired) electrons. The van der Waals surface area contributed by atoms with Gasteiger partial charge in [0.25, 0.3) is 0 Å². The normalized spacial score (nSPS) is 14.0. The zero-order valence-electron chi connectivity index (χ0n) is 15.0. The van der Waals surface area contributed by atoms with E-state index in [1.54, 1.807) is 20.8 Å². The van der Waals surface area contributed by atoms with Gasteiger partial charge in [0.1, 0.15) is 5.60 Å². The van der Waals surface area contributed by atoms with Gasteiger partial charge in [-0.1, -0.05) is 37.3 Å². The van der Waals surface area contributed by atoms with Crippen molar-refractivity contribution < 1.29 is 24.2 Å². The number of aliphatic carboxylic acids is 1. The fourth-order valence-electron chi connectivity index (χ4n) is 2.31. The van der Waals surface area contributed by atoms with Gasteiger partial charge in [-0.15, -0.1) is 0 Å². The Balaban J connectivity index is 2.57. The van der Waals surface area contributed by atoms with E-state index < -0.39 is 23.5 Å². The van der Waals surface area contributed by atoms with E-state index in [1.165, 1.54) is 0 Å². The summed E-state index contributed by atoms with van der Waals surface area (Å²) in [7, 11) is 0. The quantitative estimate of drug-likeness (QED) is 0.694. The van der Waals surface area contributed by atoms with Crippen molar-refractivity contribution in [3.05, 3.63) is 35.9 Å². The topological polar surface area (TPSA) is 72.8 Å². The number of hydrogen-bond acceptors (Lipinski definition) is 4. The molecular weight excluding hydrogens is 308 g/mol. The van der Waals surface area contributed by atoms with Crippen LogP contribution in [0, 0.1) is 5.92 Å². The van der Waals surface area contributed by atoms with E-state index in [0.717, 1.165) is 5.56 Å². The van der Waals surface area contributed by atoms with Gasteiger partial charge in [-0.3, -0.25) is 9.59 Å². The van der Waals surface area contributed by atoms with E-state index in [-0.39, 0.29) is 18.9 Å². The number of hydrogen-bond donors (Lipinski definition) is 1. The second kappa shape index (κ2) is 9.42. The maximum Gasteiger partial charge on any atom is 0.307 e. The molecular formula is C19H28O5. The molecule has 5 nitrogen and oxygen atoms in total. The van der Waals surface area contributed by atoms with Gasteiger partial charge in [0.2, 0.25) is 0 Å². The fourth-order valence-corrected chi connectivity index (χ4v) is 2.31. The molecule has 0 saturated heterocycles. The predicted molar refractivity (Wildman–Crippen MR) is 91.5 cm³/mol. The lowest BCUT2D eigenvalue weighted by Gasteiger charge is -2.23. The SMILES string of the molecule is CCC(C[C@H](CC(=O)OC(C)(C)C)C(=O)O)OCc1ccccc1. The summed E-state index contributed by atoms with van der Waals surface area (Å²) < 4.78 is 11.0. The smallest absolute Gasteiger partial charge is 0.307 e. The monoisotopic (exact) mass is 336 g/mol. The minimum Gasteiger partial charge on any atom is -0.481 e. The van der Waals surface area contributed by atoms with E-state index >= 15 is 0 Å². The third-order valence-corrected chi connectivity index (χ3v) is 3.51. The largest absolute Gasteiger partial charge is 0.481 e. The minimum atomic E-state index is -0.998. The van der Waals surface area contributed by atoms with Crippen LogP contribution in [0.2, 0.25) is 0 Å². The Morgan fingerprint density at radius 1 is 1.17 bits per heavy atom. The summed E-state index contributed by atoms with van der Waals surface area (Å²) in [6, 6.07) is 9.72.